The van der Waals surface area contributed by atoms with Gasteiger partial charge in [0.15, 0.2) is 0 Å². The molecule has 0 aliphatic rings. The number of hydrogen-bond acceptors (Lipinski definition) is 2. The van der Waals surface area contributed by atoms with Gasteiger partial charge in [0, 0.05) is 37.1 Å². The van der Waals surface area contributed by atoms with E-state index in [9.17, 15) is 5.11 Å². The van der Waals surface area contributed by atoms with Crippen molar-refractivity contribution in [2.45, 2.75) is 26.9 Å². The van der Waals surface area contributed by atoms with Crippen molar-refractivity contribution in [1.82, 2.24) is 9.88 Å². The summed E-state index contributed by atoms with van der Waals surface area (Å²) in [5.74, 6) is 0.353. The molecule has 3 nitrogen and oxygen atoms in total. The molecule has 0 aliphatic heterocycles. The fraction of sp³-hybridized carbons (Fsp3) is 0.333. The van der Waals surface area contributed by atoms with Gasteiger partial charge in [0.2, 0.25) is 0 Å². The Morgan fingerprint density at radius 1 is 1.11 bits per heavy atom. The van der Waals surface area contributed by atoms with E-state index in [2.05, 4.69) is 36.8 Å². The monoisotopic (exact) mass is 244 g/mol. The van der Waals surface area contributed by atoms with Crippen LogP contribution in [0.2, 0.25) is 0 Å². The molecular formula is C15H20N2O. The van der Waals surface area contributed by atoms with Crippen molar-refractivity contribution >= 4 is 0 Å². The van der Waals surface area contributed by atoms with Gasteiger partial charge in [0.05, 0.1) is 0 Å². The Kier molecular flexibility index (Phi) is 3.72. The van der Waals surface area contributed by atoms with Gasteiger partial charge in [-0.1, -0.05) is 18.2 Å². The zero-order chi connectivity index (χ0) is 13.1. The van der Waals surface area contributed by atoms with Crippen LogP contribution in [0.1, 0.15) is 22.5 Å². The number of aromatic hydroxyl groups is 1. The molecule has 0 spiro atoms. The Labute approximate surface area is 108 Å². The number of rotatable bonds is 4. The molecule has 0 saturated heterocycles. The van der Waals surface area contributed by atoms with Crippen molar-refractivity contribution in [2.75, 3.05) is 0 Å². The molecule has 0 bridgehead atoms. The Morgan fingerprint density at radius 3 is 2.39 bits per heavy atom. The lowest BCUT2D eigenvalue weighted by Gasteiger charge is -2.07. The highest BCUT2D eigenvalue weighted by atomic mass is 16.3. The van der Waals surface area contributed by atoms with Crippen LogP contribution in [0, 0.1) is 13.8 Å². The predicted molar refractivity (Wildman–Crippen MR) is 73.5 cm³/mol. The molecule has 0 atom stereocenters. The third-order valence-electron chi connectivity index (χ3n) is 3.50. The third kappa shape index (κ3) is 2.57. The van der Waals surface area contributed by atoms with E-state index < -0.39 is 0 Å². The number of phenols is 1. The normalized spacial score (nSPS) is 10.8. The van der Waals surface area contributed by atoms with E-state index in [-0.39, 0.29) is 0 Å². The van der Waals surface area contributed by atoms with Gasteiger partial charge < -0.3 is 15.0 Å². The molecule has 1 aromatic carbocycles. The van der Waals surface area contributed by atoms with Gasteiger partial charge in [0.25, 0.3) is 0 Å². The summed E-state index contributed by atoms with van der Waals surface area (Å²) >= 11 is 0. The van der Waals surface area contributed by atoms with Crippen molar-refractivity contribution in [3.63, 3.8) is 0 Å². The average molecular weight is 244 g/mol. The highest BCUT2D eigenvalue weighted by molar-refractivity contribution is 5.32. The van der Waals surface area contributed by atoms with Crippen molar-refractivity contribution in [3.05, 3.63) is 52.8 Å². The molecule has 3 heteroatoms. The van der Waals surface area contributed by atoms with E-state index in [1.165, 1.54) is 17.0 Å². The number of nitrogens with zero attached hydrogens (tertiary/aromatic N) is 1. The topological polar surface area (TPSA) is 37.2 Å². The molecule has 2 rings (SSSR count). The minimum Gasteiger partial charge on any atom is -0.508 e. The molecule has 96 valence electrons. The third-order valence-corrected chi connectivity index (χ3v) is 3.50. The molecule has 1 heterocycles. The van der Waals surface area contributed by atoms with Crippen molar-refractivity contribution in [3.8, 4) is 5.75 Å². The van der Waals surface area contributed by atoms with Crippen LogP contribution in [0.5, 0.6) is 5.75 Å². The van der Waals surface area contributed by atoms with Crippen LogP contribution in [-0.4, -0.2) is 9.67 Å². The number of benzene rings is 1. The minimum atomic E-state index is 0.353. The standard InChI is InChI=1S/C15H20N2O/c1-11-8-14(12(2)17(11)3)10-16-9-13-6-4-5-7-15(13)18/h4-8,16,18H,9-10H2,1-3H3. The van der Waals surface area contributed by atoms with Crippen LogP contribution in [0.3, 0.4) is 0 Å². The first-order valence-electron chi connectivity index (χ1n) is 6.19. The van der Waals surface area contributed by atoms with E-state index in [0.29, 0.717) is 12.3 Å². The van der Waals surface area contributed by atoms with Gasteiger partial charge in [-0.05, 0) is 31.5 Å². The highest BCUT2D eigenvalue weighted by Gasteiger charge is 2.06. The summed E-state index contributed by atoms with van der Waals surface area (Å²) in [6.45, 7) is 5.74. The Morgan fingerprint density at radius 2 is 1.78 bits per heavy atom. The lowest BCUT2D eigenvalue weighted by molar-refractivity contribution is 0.464. The number of para-hydroxylation sites is 1. The van der Waals surface area contributed by atoms with Crippen LogP contribution in [0.25, 0.3) is 0 Å². The lowest BCUT2D eigenvalue weighted by atomic mass is 10.2. The Bertz CT molecular complexity index is 543. The zero-order valence-corrected chi connectivity index (χ0v) is 11.2. The van der Waals surface area contributed by atoms with Crippen molar-refractivity contribution < 1.29 is 5.11 Å². The summed E-state index contributed by atoms with van der Waals surface area (Å²) in [4.78, 5) is 0. The number of phenolic OH excluding ortho intramolecular Hbond substituents is 1. The summed E-state index contributed by atoms with van der Waals surface area (Å²) in [5.41, 5.74) is 4.80. The molecule has 0 saturated carbocycles. The Hall–Kier alpha value is -1.74. The molecule has 0 fully saturated rings. The molecule has 18 heavy (non-hydrogen) atoms. The van der Waals surface area contributed by atoms with E-state index in [0.717, 1.165) is 12.1 Å². The second-order valence-corrected chi connectivity index (χ2v) is 4.69. The van der Waals surface area contributed by atoms with Gasteiger partial charge in [-0.15, -0.1) is 0 Å². The van der Waals surface area contributed by atoms with Gasteiger partial charge >= 0.3 is 0 Å². The smallest absolute Gasteiger partial charge is 0.120 e. The van der Waals surface area contributed by atoms with Gasteiger partial charge in [0.1, 0.15) is 5.75 Å². The van der Waals surface area contributed by atoms with Crippen LogP contribution < -0.4 is 5.32 Å². The second-order valence-electron chi connectivity index (χ2n) is 4.69. The fourth-order valence-corrected chi connectivity index (χ4v) is 2.10. The second kappa shape index (κ2) is 5.27. The van der Waals surface area contributed by atoms with E-state index >= 15 is 0 Å². The van der Waals surface area contributed by atoms with Crippen LogP contribution in [0.15, 0.2) is 30.3 Å². The van der Waals surface area contributed by atoms with E-state index in [1.807, 2.05) is 18.2 Å². The maximum Gasteiger partial charge on any atom is 0.120 e. The zero-order valence-electron chi connectivity index (χ0n) is 11.2. The van der Waals surface area contributed by atoms with Gasteiger partial charge in [-0.2, -0.15) is 0 Å². The molecule has 0 unspecified atom stereocenters. The summed E-state index contributed by atoms with van der Waals surface area (Å²) in [7, 11) is 2.08. The van der Waals surface area contributed by atoms with Gasteiger partial charge in [-0.25, -0.2) is 0 Å². The van der Waals surface area contributed by atoms with E-state index in [4.69, 9.17) is 0 Å². The minimum absolute atomic E-state index is 0.353. The lowest BCUT2D eigenvalue weighted by Crippen LogP contribution is -2.13. The first kappa shape index (κ1) is 12.7. The fourth-order valence-electron chi connectivity index (χ4n) is 2.10. The first-order valence-corrected chi connectivity index (χ1v) is 6.19. The van der Waals surface area contributed by atoms with Crippen LogP contribution in [-0.2, 0) is 20.1 Å². The molecule has 0 amide bonds. The quantitative estimate of drug-likeness (QED) is 0.867. The molecule has 0 aliphatic carbocycles. The summed E-state index contributed by atoms with van der Waals surface area (Å²) in [5, 5.41) is 13.0. The van der Waals surface area contributed by atoms with E-state index in [1.54, 1.807) is 6.07 Å². The Balaban J connectivity index is 1.97. The summed E-state index contributed by atoms with van der Waals surface area (Å²) < 4.78 is 2.19. The molecule has 1 aromatic heterocycles. The molecular weight excluding hydrogens is 224 g/mol. The predicted octanol–water partition coefficient (Wildman–Crippen LogP) is 2.64. The molecule has 0 radical (unpaired) electrons. The number of aryl methyl sites for hydroxylation is 1. The van der Waals surface area contributed by atoms with Crippen LogP contribution >= 0.6 is 0 Å². The van der Waals surface area contributed by atoms with Gasteiger partial charge in [-0.3, -0.25) is 0 Å². The maximum atomic E-state index is 9.67. The average Bonchev–Trinajstić information content (AvgIpc) is 2.60. The largest absolute Gasteiger partial charge is 0.508 e. The number of nitrogens with one attached hydrogen (secondary N) is 1. The van der Waals surface area contributed by atoms with Crippen molar-refractivity contribution in [2.24, 2.45) is 7.05 Å². The summed E-state index contributed by atoms with van der Waals surface area (Å²) in [6, 6.07) is 9.63. The first-order chi connectivity index (χ1) is 8.59. The number of aromatic nitrogens is 1. The SMILES string of the molecule is Cc1cc(CNCc2ccccc2O)c(C)n1C. The molecule has 2 aromatic rings. The summed E-state index contributed by atoms with van der Waals surface area (Å²) in [6.07, 6.45) is 0. The maximum absolute atomic E-state index is 9.67. The number of hydrogen-bond donors (Lipinski definition) is 2. The van der Waals surface area contributed by atoms with Crippen molar-refractivity contribution in [1.29, 1.82) is 0 Å². The molecule has 2 N–H and O–H groups in total. The van der Waals surface area contributed by atoms with Crippen LogP contribution in [0.4, 0.5) is 0 Å². The highest BCUT2D eigenvalue weighted by Crippen LogP contribution is 2.16.